The van der Waals surface area contributed by atoms with E-state index in [4.69, 9.17) is 114 Å². The van der Waals surface area contributed by atoms with Gasteiger partial charge in [-0.1, -0.05) is 385 Å². The van der Waals surface area contributed by atoms with Crippen LogP contribution in [0.5, 0.6) is 0 Å². The minimum absolute atomic E-state index is 0. The number of imidazole rings is 3. The molecule has 6 aromatic heterocycles. The molecule has 1 aliphatic rings. The van der Waals surface area contributed by atoms with Gasteiger partial charge in [0.25, 0.3) is 10.3 Å². The molecule has 3 aromatic carbocycles. The highest BCUT2D eigenvalue weighted by atomic mass is 79.9. The Morgan fingerprint density at radius 1 is 0.394 bits per heavy atom. The number of benzene rings is 3. The van der Waals surface area contributed by atoms with Crippen LogP contribution in [0.3, 0.4) is 0 Å². The highest BCUT2D eigenvalue weighted by Crippen LogP contribution is 2.32. The quantitative estimate of drug-likeness (QED) is 0.0176. The number of aromatic nitrogens is 9. The van der Waals surface area contributed by atoms with Gasteiger partial charge in [-0.3, -0.25) is 9.97 Å². The molecule has 1 aliphatic heterocycles. The third kappa shape index (κ3) is 41.1. The van der Waals surface area contributed by atoms with Crippen molar-refractivity contribution >= 4 is 153 Å². The van der Waals surface area contributed by atoms with E-state index in [-0.39, 0.29) is 24.8 Å². The fourth-order valence-electron chi connectivity index (χ4n) is 12.6. The van der Waals surface area contributed by atoms with Gasteiger partial charge >= 0.3 is 0 Å². The first-order valence-electron chi connectivity index (χ1n) is 40.1. The number of aryl methyl sites for hydroxylation is 2. The maximum atomic E-state index is 6.52. The molecule has 0 fully saturated rings. The lowest BCUT2D eigenvalue weighted by molar-refractivity contribution is -0.686. The minimum Gasteiger partial charge on any atom is -1.00 e. The molecule has 0 bridgehead atoms. The van der Waals surface area contributed by atoms with E-state index in [1.54, 1.807) is 6.33 Å². The number of nitrogens with zero attached hydrogens (tertiary/aromatic N) is 10. The first-order valence-corrected chi connectivity index (χ1v) is 44.8. The smallest absolute Gasteiger partial charge is 0.255 e. The molecule has 0 atom stereocenters. The van der Waals surface area contributed by atoms with Crippen molar-refractivity contribution in [1.82, 2.24) is 48.8 Å². The summed E-state index contributed by atoms with van der Waals surface area (Å²) in [6.07, 6.45) is 53.9. The van der Waals surface area contributed by atoms with Crippen molar-refractivity contribution in [3.05, 3.63) is 186 Å². The van der Waals surface area contributed by atoms with Gasteiger partial charge in [0.15, 0.2) is 10.3 Å². The average molecular weight is 1780 g/mol. The lowest BCUT2D eigenvalue weighted by Gasteiger charge is -2.22. The van der Waals surface area contributed by atoms with Crippen LogP contribution in [0.15, 0.2) is 138 Å². The summed E-state index contributed by atoms with van der Waals surface area (Å²) in [5.74, 6) is 0.477. The number of halogens is 12. The molecule has 0 saturated heterocycles. The Kier molecular flexibility index (Phi) is 57.5. The first-order chi connectivity index (χ1) is 52.2. The maximum Gasteiger partial charge on any atom is 0.255 e. The van der Waals surface area contributed by atoms with Crippen LogP contribution in [-0.4, -0.2) is 67.4 Å². The number of hydrogen-bond donors (Lipinski definition) is 1. The van der Waals surface area contributed by atoms with Crippen LogP contribution >= 0.6 is 120 Å². The van der Waals surface area contributed by atoms with Crippen LogP contribution in [-0.2, 0) is 32.1 Å². The number of H-pyrrole nitrogens is 1. The van der Waals surface area contributed by atoms with Gasteiger partial charge in [-0.2, -0.15) is 0 Å². The van der Waals surface area contributed by atoms with E-state index >= 15 is 0 Å². The van der Waals surface area contributed by atoms with Crippen molar-refractivity contribution < 1.29 is 29.4 Å². The van der Waals surface area contributed by atoms with Crippen LogP contribution in [0.4, 0.5) is 0 Å². The minimum atomic E-state index is 0. The zero-order valence-corrected chi connectivity index (χ0v) is 75.1. The number of hydrogen-bond acceptors (Lipinski definition) is 7. The third-order valence-electron chi connectivity index (χ3n) is 18.9. The highest BCUT2D eigenvalue weighted by Gasteiger charge is 2.27. The van der Waals surface area contributed by atoms with E-state index in [1.807, 2.05) is 88.3 Å². The van der Waals surface area contributed by atoms with Crippen LogP contribution in [0, 0.1) is 0 Å². The number of aromatic amines is 1. The van der Waals surface area contributed by atoms with Gasteiger partial charge < -0.3 is 44.2 Å². The Bertz CT molecular complexity index is 3780. The second-order valence-corrected chi connectivity index (χ2v) is 31.8. The monoisotopic (exact) mass is 1770 g/mol. The number of pyridine rings is 3. The molecular weight excluding hydrogens is 1660 g/mol. The lowest BCUT2D eigenvalue weighted by Crippen LogP contribution is -3.00. The molecule has 0 radical (unpaired) electrons. The van der Waals surface area contributed by atoms with E-state index in [0.29, 0.717) is 60.2 Å². The molecule has 606 valence electrons. The number of rotatable bonds is 44. The summed E-state index contributed by atoms with van der Waals surface area (Å²) in [5, 5.41) is 8.84. The number of unbranched alkanes of at least 4 members (excludes halogenated alkanes) is 32. The second-order valence-electron chi connectivity index (χ2n) is 27.9. The predicted molar refractivity (Wildman–Crippen MR) is 468 cm³/mol. The van der Waals surface area contributed by atoms with Crippen LogP contribution in [0.25, 0.3) is 32.7 Å². The SMILES string of the molecule is CCCCCCCCCCCBr.CCCCCCCCCCCN1CN(Cc2ccc3ccccc3n2)C(Cl)=C1Cl.CCCCCCCCCCCn1c[n+](Cc2ccc3ccccc3n2)c(Cl)c1Cl.CCCCCCCCCCCn1cnc(Cl)c1Cl.ClCc1ccc2ccccc2n1.Clc1nc[nH]c1Cl.[Cl-].[Cl-]. The molecule has 11 nitrogen and oxygen atoms in total. The highest BCUT2D eigenvalue weighted by molar-refractivity contribution is 9.09. The fraction of sp³-hybridized carbons (Fsp3) is 0.558. The largest absolute Gasteiger partial charge is 1.00 e. The van der Waals surface area contributed by atoms with Crippen LogP contribution in [0.1, 0.15) is 276 Å². The zero-order chi connectivity index (χ0) is 76.9. The molecule has 1 N–H and O–H groups in total. The molecule has 0 saturated carbocycles. The van der Waals surface area contributed by atoms with Gasteiger partial charge in [-0.05, 0) is 91.7 Å². The third-order valence-corrected chi connectivity index (χ3v) is 23.0. The summed E-state index contributed by atoms with van der Waals surface area (Å²) in [7, 11) is 0. The normalized spacial score (nSPS) is 11.6. The van der Waals surface area contributed by atoms with E-state index in [9.17, 15) is 0 Å². The Labute approximate surface area is 720 Å². The van der Waals surface area contributed by atoms with E-state index in [2.05, 4.69) is 114 Å². The van der Waals surface area contributed by atoms with Gasteiger partial charge in [0, 0.05) is 34.6 Å². The number of para-hydroxylation sites is 3. The molecule has 10 rings (SSSR count). The Balaban J connectivity index is 0.000000358. The molecule has 7 heterocycles. The molecule has 109 heavy (non-hydrogen) atoms. The molecule has 9 aromatic rings. The standard InChI is InChI=1S/C24H33Cl2N3.C24H32Cl2N3.C14H24Cl2N2.C11H23Br.C10H8ClN.C3H2Cl2N2.2ClH/c2*1-2-3-4-5-6-7-8-9-12-17-28-19-29(24(26)23(28)25)18-21-16-15-20-13-10-11-14-22(20)27-21;1-2-3-4-5-6-7-8-9-10-11-18-12-17-13(15)14(18)16;1-2-3-4-5-6-7-8-9-10-11-12;11-7-9-6-5-8-3-1-2-4-10(8)12-9;4-2-3(5)7-1-6-2;;/h10-11,13-16H,2-9,12,17-19H2,1H3;10-11,13-16,19H,2-9,12,17-18H2,1H3;12H,2-11H2,1H3;2-11H2,1H3;1-6H,7H2;1H,(H,6,7);2*1H/q;+1;;;;;;/p-2. The molecule has 23 heteroatoms. The summed E-state index contributed by atoms with van der Waals surface area (Å²) in [4.78, 5) is 28.3. The zero-order valence-electron chi connectivity index (χ0n) is 65.2. The topological polar surface area (TPSA) is 100 Å². The van der Waals surface area contributed by atoms with Gasteiger partial charge in [-0.15, -0.1) is 11.6 Å². The van der Waals surface area contributed by atoms with Gasteiger partial charge in [0.05, 0.1) is 71.9 Å². The molecule has 0 aliphatic carbocycles. The van der Waals surface area contributed by atoms with Crippen molar-refractivity contribution in [2.24, 2.45) is 0 Å². The van der Waals surface area contributed by atoms with Crippen molar-refractivity contribution in [3.8, 4) is 0 Å². The van der Waals surface area contributed by atoms with Crippen molar-refractivity contribution in [1.29, 1.82) is 0 Å². The number of nitrogens with one attached hydrogen (secondary N) is 1. The average Bonchev–Trinajstić information content (AvgIpc) is 1.20. The summed E-state index contributed by atoms with van der Waals surface area (Å²) in [6, 6.07) is 36.7. The first kappa shape index (κ1) is 99.7. The van der Waals surface area contributed by atoms with E-state index in [1.165, 1.54) is 224 Å². The van der Waals surface area contributed by atoms with Crippen LogP contribution in [0.2, 0.25) is 30.9 Å². The van der Waals surface area contributed by atoms with E-state index < -0.39 is 0 Å². The maximum absolute atomic E-state index is 6.52. The summed E-state index contributed by atoms with van der Waals surface area (Å²) < 4.78 is 5.96. The predicted octanol–water partition coefficient (Wildman–Crippen LogP) is 24.0. The van der Waals surface area contributed by atoms with Gasteiger partial charge in [0.1, 0.15) is 27.2 Å². The summed E-state index contributed by atoms with van der Waals surface area (Å²) in [6.45, 7) is 13.9. The van der Waals surface area contributed by atoms with Crippen molar-refractivity contribution in [2.45, 2.75) is 291 Å². The lowest BCUT2D eigenvalue weighted by atomic mass is 10.1. The molecular formula is C86H122BrCl11N11-. The van der Waals surface area contributed by atoms with E-state index in [0.717, 1.165) is 95.4 Å². The molecule has 0 spiro atoms. The van der Waals surface area contributed by atoms with Gasteiger partial charge in [0.2, 0.25) is 6.33 Å². The summed E-state index contributed by atoms with van der Waals surface area (Å²) in [5.41, 5.74) is 5.94. The summed E-state index contributed by atoms with van der Waals surface area (Å²) >= 11 is 57.6. The van der Waals surface area contributed by atoms with Crippen LogP contribution < -0.4 is 29.4 Å². The molecule has 0 unspecified atom stereocenters. The number of alkyl halides is 2. The second kappa shape index (κ2) is 62.8. The van der Waals surface area contributed by atoms with Gasteiger partial charge in [-0.25, -0.2) is 24.1 Å². The Morgan fingerprint density at radius 3 is 1.17 bits per heavy atom. The Morgan fingerprint density at radius 2 is 0.771 bits per heavy atom. The number of fused-ring (bicyclic) bond motifs is 3. The van der Waals surface area contributed by atoms with Crippen molar-refractivity contribution in [3.63, 3.8) is 0 Å². The fourth-order valence-corrected chi connectivity index (χ4v) is 14.6. The van der Waals surface area contributed by atoms with Crippen molar-refractivity contribution in [2.75, 3.05) is 18.5 Å². The molecule has 0 amide bonds. The Hall–Kier alpha value is -3.47.